The largest absolute Gasteiger partial charge is 0.455 e. The number of aromatic nitrogens is 2. The number of anilines is 2. The topological polar surface area (TPSA) is 117 Å². The van der Waals surface area contributed by atoms with E-state index < -0.39 is 21.7 Å². The van der Waals surface area contributed by atoms with Crippen molar-refractivity contribution in [3.05, 3.63) is 71.1 Å². The van der Waals surface area contributed by atoms with Gasteiger partial charge in [0.25, 0.3) is 5.91 Å². The average Bonchev–Trinajstić information content (AvgIpc) is 3.57. The van der Waals surface area contributed by atoms with Crippen LogP contribution in [0.3, 0.4) is 0 Å². The summed E-state index contributed by atoms with van der Waals surface area (Å²) >= 11 is 1.61. The van der Waals surface area contributed by atoms with Gasteiger partial charge < -0.3 is 15.1 Å². The highest BCUT2D eigenvalue weighted by Gasteiger charge is 2.26. The molecule has 3 aromatic heterocycles. The summed E-state index contributed by atoms with van der Waals surface area (Å²) in [5, 5.41) is 7.28. The number of benzene rings is 2. The van der Waals surface area contributed by atoms with Crippen LogP contribution in [0.4, 0.5) is 15.9 Å². The maximum Gasteiger partial charge on any atom is 0.255 e. The number of nitrogens with one attached hydrogen (secondary N) is 2. The van der Waals surface area contributed by atoms with E-state index in [0.717, 1.165) is 42.0 Å². The Labute approximate surface area is 240 Å². The number of hydrogen-bond acceptors (Lipinski definition) is 8. The number of fused-ring (bicyclic) bond motifs is 2. The maximum absolute atomic E-state index is 13.7. The number of halogens is 1. The summed E-state index contributed by atoms with van der Waals surface area (Å²) in [4.78, 5) is 23.5. The molecule has 1 aliphatic rings. The smallest absolute Gasteiger partial charge is 0.255 e. The molecule has 0 saturated carbocycles. The molecule has 0 aliphatic carbocycles. The number of nitrogens with zero attached hydrogens (tertiary/aromatic N) is 3. The highest BCUT2D eigenvalue weighted by atomic mass is 32.2. The van der Waals surface area contributed by atoms with Crippen LogP contribution in [0.15, 0.2) is 59.3 Å². The summed E-state index contributed by atoms with van der Waals surface area (Å²) < 4.78 is 46.4. The fourth-order valence-electron chi connectivity index (χ4n) is 4.90. The number of hydrogen-bond donors (Lipinski definition) is 2. The minimum absolute atomic E-state index is 0.247. The molecule has 2 N–H and O–H groups in total. The Hall–Kier alpha value is -4.29. The number of furan rings is 1. The van der Waals surface area contributed by atoms with Crippen molar-refractivity contribution in [3.8, 4) is 33.0 Å². The molecule has 1 amide bonds. The molecule has 210 valence electrons. The van der Waals surface area contributed by atoms with Gasteiger partial charge in [-0.3, -0.25) is 14.1 Å². The summed E-state index contributed by atoms with van der Waals surface area (Å²) in [5.74, 6) is 0.320. The molecular weight excluding hydrogens is 565 g/mol. The van der Waals surface area contributed by atoms with E-state index in [2.05, 4.69) is 15.6 Å². The summed E-state index contributed by atoms with van der Waals surface area (Å²) in [6, 6.07) is 10.9. The lowest BCUT2D eigenvalue weighted by molar-refractivity contribution is 0.0964. The molecule has 12 heteroatoms. The first kappa shape index (κ1) is 26.9. The third-order valence-corrected chi connectivity index (χ3v) is 9.43. The predicted octanol–water partition coefficient (Wildman–Crippen LogP) is 5.54. The lowest BCUT2D eigenvalue weighted by atomic mass is 9.98. The summed E-state index contributed by atoms with van der Waals surface area (Å²) in [7, 11) is -0.697. The molecule has 0 fully saturated rings. The Kier molecular flexibility index (Phi) is 6.74. The van der Waals surface area contributed by atoms with Crippen molar-refractivity contribution < 1.29 is 22.0 Å². The molecule has 0 unspecified atom stereocenters. The zero-order chi connectivity index (χ0) is 28.9. The van der Waals surface area contributed by atoms with Gasteiger partial charge in [-0.25, -0.2) is 17.8 Å². The molecule has 41 heavy (non-hydrogen) atoms. The lowest BCUT2D eigenvalue weighted by Crippen LogP contribution is -2.25. The van der Waals surface area contributed by atoms with Crippen molar-refractivity contribution in [3.63, 3.8) is 0 Å². The van der Waals surface area contributed by atoms with Crippen LogP contribution < -0.4 is 14.9 Å². The van der Waals surface area contributed by atoms with Crippen LogP contribution in [0, 0.1) is 5.82 Å². The Balaban J connectivity index is 1.58. The fraction of sp³-hybridized carbons (Fsp3) is 0.207. The van der Waals surface area contributed by atoms with Gasteiger partial charge in [-0.05, 0) is 49.2 Å². The van der Waals surface area contributed by atoms with Gasteiger partial charge >= 0.3 is 0 Å². The van der Waals surface area contributed by atoms with Crippen molar-refractivity contribution in [2.75, 3.05) is 36.5 Å². The molecule has 1 aliphatic heterocycles. The van der Waals surface area contributed by atoms with Crippen LogP contribution in [-0.4, -0.2) is 51.2 Å². The normalized spacial score (nSPS) is 13.1. The number of carbonyl (C=O) groups is 1. The Morgan fingerprint density at radius 2 is 1.88 bits per heavy atom. The number of rotatable bonds is 6. The second kappa shape index (κ2) is 10.3. The van der Waals surface area contributed by atoms with Crippen LogP contribution in [-0.2, 0) is 16.4 Å². The molecule has 4 heterocycles. The van der Waals surface area contributed by atoms with E-state index in [1.54, 1.807) is 35.9 Å². The third-order valence-electron chi connectivity index (χ3n) is 7.07. The van der Waals surface area contributed by atoms with Crippen LogP contribution in [0.2, 0.25) is 0 Å². The number of carbonyl (C=O) groups excluding carboxylic acids is 1. The van der Waals surface area contributed by atoms with E-state index >= 15 is 0 Å². The predicted molar refractivity (Wildman–Crippen MR) is 159 cm³/mol. The number of amides is 1. The minimum atomic E-state index is -3.67. The van der Waals surface area contributed by atoms with Gasteiger partial charge in [-0.1, -0.05) is 0 Å². The van der Waals surface area contributed by atoms with Crippen LogP contribution in [0.5, 0.6) is 0 Å². The van der Waals surface area contributed by atoms with E-state index in [-0.39, 0.29) is 11.3 Å². The van der Waals surface area contributed by atoms with Crippen molar-refractivity contribution in [1.29, 1.82) is 0 Å². The van der Waals surface area contributed by atoms with Gasteiger partial charge in [0, 0.05) is 71.6 Å². The van der Waals surface area contributed by atoms with E-state index in [1.807, 2.05) is 6.07 Å². The molecule has 0 saturated heterocycles. The van der Waals surface area contributed by atoms with E-state index in [9.17, 15) is 17.6 Å². The van der Waals surface area contributed by atoms with Crippen molar-refractivity contribution in [2.24, 2.45) is 0 Å². The molecule has 0 spiro atoms. The quantitative estimate of drug-likeness (QED) is 0.266. The molecule has 0 bridgehead atoms. The van der Waals surface area contributed by atoms with Gasteiger partial charge in [-0.2, -0.15) is 0 Å². The van der Waals surface area contributed by atoms with Gasteiger partial charge in [0.05, 0.1) is 17.5 Å². The zero-order valence-corrected chi connectivity index (χ0v) is 24.1. The molecule has 6 rings (SSSR count). The van der Waals surface area contributed by atoms with Crippen molar-refractivity contribution >= 4 is 49.7 Å². The Morgan fingerprint density at radius 1 is 1.12 bits per heavy atom. The lowest BCUT2D eigenvalue weighted by Gasteiger charge is -2.20. The highest BCUT2D eigenvalue weighted by Crippen LogP contribution is 2.42. The second-order valence-electron chi connectivity index (χ2n) is 9.77. The monoisotopic (exact) mass is 591 g/mol. The molecule has 9 nitrogen and oxygen atoms in total. The van der Waals surface area contributed by atoms with E-state index in [1.165, 1.54) is 47.5 Å². The van der Waals surface area contributed by atoms with E-state index in [0.29, 0.717) is 33.3 Å². The zero-order valence-electron chi connectivity index (χ0n) is 22.5. The molecule has 0 atom stereocenters. The van der Waals surface area contributed by atoms with Crippen LogP contribution >= 0.6 is 11.3 Å². The van der Waals surface area contributed by atoms with Crippen LogP contribution in [0.1, 0.15) is 21.7 Å². The first-order valence-electron chi connectivity index (χ1n) is 12.9. The van der Waals surface area contributed by atoms with Gasteiger partial charge in [-0.15, -0.1) is 11.3 Å². The van der Waals surface area contributed by atoms with Crippen molar-refractivity contribution in [1.82, 2.24) is 15.3 Å². The Morgan fingerprint density at radius 3 is 2.59 bits per heavy atom. The summed E-state index contributed by atoms with van der Waals surface area (Å²) in [6.45, 7) is 0.883. The van der Waals surface area contributed by atoms with Gasteiger partial charge in [0.1, 0.15) is 28.0 Å². The fourth-order valence-corrected chi connectivity index (χ4v) is 6.47. The summed E-state index contributed by atoms with van der Waals surface area (Å²) in [5.41, 5.74) is 3.39. The third kappa shape index (κ3) is 4.93. The Bertz CT molecular complexity index is 1890. The number of aryl methyl sites for hydroxylation is 1. The van der Waals surface area contributed by atoms with Crippen molar-refractivity contribution in [2.45, 2.75) is 12.8 Å². The molecule has 2 aromatic carbocycles. The minimum Gasteiger partial charge on any atom is -0.455 e. The standard InChI is InChI=1S/C29H26FN5O4S2/c1-31-28(36)25-21-12-20(17-11-18(15-32-14-17)29-34-27-24(40-29)5-4-10-33-27)22(35(2)41(3,37)38)13-23(21)39-26(25)16-6-8-19(30)9-7-16/h6-9,11-15,33H,4-5,10H2,1-3H3,(H,31,36). The maximum atomic E-state index is 13.7. The summed E-state index contributed by atoms with van der Waals surface area (Å²) in [6.07, 6.45) is 6.51. The first-order valence-corrected chi connectivity index (χ1v) is 15.5. The number of sulfonamides is 1. The average molecular weight is 592 g/mol. The highest BCUT2D eigenvalue weighted by molar-refractivity contribution is 7.92. The molecular formula is C29H26FN5O4S2. The second-order valence-corrected chi connectivity index (χ2v) is 12.9. The van der Waals surface area contributed by atoms with Gasteiger partial charge in [0.15, 0.2) is 0 Å². The number of thiazole rings is 1. The number of pyridine rings is 1. The SMILES string of the molecule is CNC(=O)c1c(-c2ccc(F)cc2)oc2cc(N(C)S(C)(=O)=O)c(-c3cncc(-c4nc5c(s4)CCCN5)c3)cc12. The first-order chi connectivity index (χ1) is 19.6. The van der Waals surface area contributed by atoms with Crippen LogP contribution in [0.25, 0.3) is 44.0 Å². The molecule has 0 radical (unpaired) electrons. The van der Waals surface area contributed by atoms with Gasteiger partial charge in [0.2, 0.25) is 10.0 Å². The van der Waals surface area contributed by atoms with E-state index in [4.69, 9.17) is 9.40 Å². The molecule has 5 aromatic rings.